The Labute approximate surface area is 157 Å². The summed E-state index contributed by atoms with van der Waals surface area (Å²) in [4.78, 5) is 0.147. The molecule has 0 heterocycles. The summed E-state index contributed by atoms with van der Waals surface area (Å²) in [7, 11) is -3.65. The molecule has 0 fully saturated rings. The molecule has 0 spiro atoms. The minimum Gasteiger partial charge on any atom is -0.399 e. The highest BCUT2D eigenvalue weighted by molar-refractivity contribution is 7.91. The summed E-state index contributed by atoms with van der Waals surface area (Å²) in [5.74, 6) is 0. The average molecular weight is 386 g/mol. The third kappa shape index (κ3) is 9.65. The van der Waals surface area contributed by atoms with Crippen LogP contribution >= 0.6 is 12.2 Å². The number of nitrogens with two attached hydrogens (primary N) is 1. The summed E-state index contributed by atoms with van der Waals surface area (Å²) in [6.07, 6.45) is 11.2. The molecule has 25 heavy (non-hydrogen) atoms. The van der Waals surface area contributed by atoms with Gasteiger partial charge < -0.3 is 11.1 Å². The third-order valence-corrected chi connectivity index (χ3v) is 5.72. The Morgan fingerprint density at radius 3 is 2.04 bits per heavy atom. The van der Waals surface area contributed by atoms with Gasteiger partial charge in [0, 0.05) is 12.2 Å². The van der Waals surface area contributed by atoms with Crippen LogP contribution in [0.5, 0.6) is 0 Å². The first-order chi connectivity index (χ1) is 12.0. The van der Waals surface area contributed by atoms with Crippen LogP contribution in [0.25, 0.3) is 0 Å². The predicted octanol–water partition coefficient (Wildman–Crippen LogP) is 3.95. The first-order valence-corrected chi connectivity index (χ1v) is 11.0. The molecule has 7 heteroatoms. The van der Waals surface area contributed by atoms with E-state index in [4.69, 9.17) is 18.0 Å². The maximum Gasteiger partial charge on any atom is 0.263 e. The van der Waals surface area contributed by atoms with Gasteiger partial charge in [0.15, 0.2) is 5.11 Å². The van der Waals surface area contributed by atoms with Crippen molar-refractivity contribution in [3.63, 3.8) is 0 Å². The molecule has 1 aromatic rings. The number of unbranched alkanes of at least 4 members (excludes halogenated alkanes) is 8. The lowest BCUT2D eigenvalue weighted by atomic mass is 10.1. The number of rotatable bonds is 12. The first-order valence-electron chi connectivity index (χ1n) is 9.12. The lowest BCUT2D eigenvalue weighted by Crippen LogP contribution is -2.39. The molecule has 0 aliphatic heterocycles. The fourth-order valence-corrected chi connectivity index (χ4v) is 3.86. The average Bonchev–Trinajstić information content (AvgIpc) is 2.56. The van der Waals surface area contributed by atoms with Gasteiger partial charge in [0.1, 0.15) is 0 Å². The zero-order valence-corrected chi connectivity index (χ0v) is 16.7. The van der Waals surface area contributed by atoms with Gasteiger partial charge in [-0.15, -0.1) is 0 Å². The van der Waals surface area contributed by atoms with E-state index in [0.29, 0.717) is 12.2 Å². The fraction of sp³-hybridized carbons (Fsp3) is 0.611. The quantitative estimate of drug-likeness (QED) is 0.288. The summed E-state index contributed by atoms with van der Waals surface area (Å²) in [6.45, 7) is 2.91. The van der Waals surface area contributed by atoms with Crippen molar-refractivity contribution in [1.29, 1.82) is 0 Å². The molecule has 4 N–H and O–H groups in total. The van der Waals surface area contributed by atoms with Gasteiger partial charge in [0.25, 0.3) is 10.0 Å². The Morgan fingerprint density at radius 2 is 1.48 bits per heavy atom. The van der Waals surface area contributed by atoms with Crippen LogP contribution in [0.1, 0.15) is 64.7 Å². The monoisotopic (exact) mass is 385 g/mol. The van der Waals surface area contributed by atoms with Crippen LogP contribution < -0.4 is 15.8 Å². The second kappa shape index (κ2) is 12.1. The topological polar surface area (TPSA) is 84.2 Å². The van der Waals surface area contributed by atoms with Gasteiger partial charge in [-0.25, -0.2) is 8.42 Å². The number of nitrogens with one attached hydrogen (secondary N) is 2. The zero-order chi connectivity index (χ0) is 18.5. The van der Waals surface area contributed by atoms with E-state index in [1.807, 2.05) is 0 Å². The molecular weight excluding hydrogens is 354 g/mol. The zero-order valence-electron chi connectivity index (χ0n) is 15.1. The number of sulfonamides is 1. The molecule has 0 radical (unpaired) electrons. The normalized spacial score (nSPS) is 11.2. The Bertz CT molecular complexity index is 601. The molecule has 0 saturated heterocycles. The minimum atomic E-state index is -3.65. The van der Waals surface area contributed by atoms with E-state index >= 15 is 0 Å². The molecule has 142 valence electrons. The van der Waals surface area contributed by atoms with Crippen LogP contribution in [0.15, 0.2) is 29.2 Å². The maximum absolute atomic E-state index is 12.2. The minimum absolute atomic E-state index is 0.136. The maximum atomic E-state index is 12.2. The van der Waals surface area contributed by atoms with E-state index in [-0.39, 0.29) is 10.0 Å². The molecule has 1 aromatic carbocycles. The van der Waals surface area contributed by atoms with Gasteiger partial charge in [0.2, 0.25) is 0 Å². The molecule has 0 aliphatic rings. The van der Waals surface area contributed by atoms with Crippen molar-refractivity contribution < 1.29 is 8.42 Å². The van der Waals surface area contributed by atoms with Crippen LogP contribution in [-0.2, 0) is 10.0 Å². The molecule has 5 nitrogen and oxygen atoms in total. The van der Waals surface area contributed by atoms with Gasteiger partial charge in [-0.2, -0.15) is 0 Å². The van der Waals surface area contributed by atoms with Crippen molar-refractivity contribution in [2.24, 2.45) is 0 Å². The fourth-order valence-electron chi connectivity index (χ4n) is 2.50. The smallest absolute Gasteiger partial charge is 0.263 e. The summed E-state index contributed by atoms with van der Waals surface area (Å²) >= 11 is 5.06. The third-order valence-electron chi connectivity index (χ3n) is 3.98. The lowest BCUT2D eigenvalue weighted by molar-refractivity contribution is 0.562. The van der Waals surface area contributed by atoms with E-state index in [1.54, 1.807) is 12.1 Å². The van der Waals surface area contributed by atoms with Crippen molar-refractivity contribution in [3.8, 4) is 0 Å². The standard InChI is InChI=1S/C18H31N3O2S2/c1-2-3-4-5-6-7-8-9-10-15-20-18(24)21-25(22,23)17-13-11-16(19)12-14-17/h11-14H,2-10,15,19H2,1H3,(H2,20,21,24). The van der Waals surface area contributed by atoms with Crippen molar-refractivity contribution >= 4 is 33.0 Å². The predicted molar refractivity (Wildman–Crippen MR) is 109 cm³/mol. The van der Waals surface area contributed by atoms with Crippen molar-refractivity contribution in [2.45, 2.75) is 69.6 Å². The van der Waals surface area contributed by atoms with Crippen molar-refractivity contribution in [3.05, 3.63) is 24.3 Å². The Morgan fingerprint density at radius 1 is 0.960 bits per heavy atom. The van der Waals surface area contributed by atoms with Gasteiger partial charge in [0.05, 0.1) is 4.90 Å². The van der Waals surface area contributed by atoms with Gasteiger partial charge >= 0.3 is 0 Å². The highest BCUT2D eigenvalue weighted by atomic mass is 32.2. The Hall–Kier alpha value is -1.34. The number of hydrogen-bond donors (Lipinski definition) is 3. The van der Waals surface area contributed by atoms with Gasteiger partial charge in [-0.3, -0.25) is 4.72 Å². The van der Waals surface area contributed by atoms with Crippen LogP contribution in [0.3, 0.4) is 0 Å². The van der Waals surface area contributed by atoms with Gasteiger partial charge in [-0.1, -0.05) is 58.3 Å². The summed E-state index contributed by atoms with van der Waals surface area (Å²) in [6, 6.07) is 6.02. The largest absolute Gasteiger partial charge is 0.399 e. The molecule has 0 bridgehead atoms. The summed E-state index contributed by atoms with van der Waals surface area (Å²) in [5.41, 5.74) is 6.08. The number of benzene rings is 1. The molecule has 0 aliphatic carbocycles. The van der Waals surface area contributed by atoms with Crippen LogP contribution in [0, 0.1) is 0 Å². The highest BCUT2D eigenvalue weighted by Gasteiger charge is 2.14. The molecular formula is C18H31N3O2S2. The summed E-state index contributed by atoms with van der Waals surface area (Å²) < 4.78 is 26.7. The molecule has 0 saturated carbocycles. The molecule has 0 amide bonds. The lowest BCUT2D eigenvalue weighted by Gasteiger charge is -2.11. The number of nitrogen functional groups attached to an aromatic ring is 1. The van der Waals surface area contributed by atoms with Crippen molar-refractivity contribution in [1.82, 2.24) is 10.0 Å². The second-order valence-electron chi connectivity index (χ2n) is 6.26. The number of hydrogen-bond acceptors (Lipinski definition) is 4. The first kappa shape index (κ1) is 21.7. The molecule has 0 aromatic heterocycles. The van der Waals surface area contributed by atoms with E-state index < -0.39 is 10.0 Å². The Balaban J connectivity index is 2.13. The van der Waals surface area contributed by atoms with E-state index in [9.17, 15) is 8.42 Å². The van der Waals surface area contributed by atoms with Crippen LogP contribution in [-0.4, -0.2) is 20.1 Å². The van der Waals surface area contributed by atoms with Crippen LogP contribution in [0.4, 0.5) is 5.69 Å². The Kier molecular flexibility index (Phi) is 10.5. The van der Waals surface area contributed by atoms with Gasteiger partial charge in [-0.05, 0) is 42.9 Å². The SMILES string of the molecule is CCCCCCCCCCCNC(=S)NS(=O)(=O)c1ccc(N)cc1. The van der Waals surface area contributed by atoms with E-state index in [1.165, 1.54) is 57.1 Å². The van der Waals surface area contributed by atoms with E-state index in [2.05, 4.69) is 17.0 Å². The molecule has 0 unspecified atom stereocenters. The van der Waals surface area contributed by atoms with E-state index in [0.717, 1.165) is 12.8 Å². The molecule has 0 atom stereocenters. The second-order valence-corrected chi connectivity index (χ2v) is 8.35. The number of anilines is 1. The van der Waals surface area contributed by atoms with Crippen molar-refractivity contribution in [2.75, 3.05) is 12.3 Å². The molecule has 1 rings (SSSR count). The highest BCUT2D eigenvalue weighted by Crippen LogP contribution is 2.11. The summed E-state index contributed by atoms with van der Waals surface area (Å²) in [5, 5.41) is 3.09. The number of thiocarbonyl (C=S) groups is 1. The van der Waals surface area contributed by atoms with Crippen LogP contribution in [0.2, 0.25) is 0 Å².